The zero-order chi connectivity index (χ0) is 16.6. The van der Waals surface area contributed by atoms with E-state index in [9.17, 15) is 9.90 Å². The van der Waals surface area contributed by atoms with E-state index in [1.165, 1.54) is 0 Å². The van der Waals surface area contributed by atoms with Gasteiger partial charge in [-0.25, -0.2) is 4.68 Å². The molecule has 0 spiro atoms. The second-order valence-corrected chi connectivity index (χ2v) is 6.13. The molecule has 3 rings (SSSR count). The minimum absolute atomic E-state index is 0.0308. The molecular weight excluding hydrogens is 294 g/mol. The highest BCUT2D eigenvalue weighted by Gasteiger charge is 2.40. The molecule has 1 fully saturated rings. The van der Waals surface area contributed by atoms with Crippen molar-refractivity contribution in [1.82, 2.24) is 9.78 Å². The van der Waals surface area contributed by atoms with Crippen molar-refractivity contribution in [3.05, 3.63) is 41.2 Å². The molecule has 23 heavy (non-hydrogen) atoms. The number of ether oxygens (including phenoxy) is 1. The van der Waals surface area contributed by atoms with E-state index in [4.69, 9.17) is 4.74 Å². The van der Waals surface area contributed by atoms with E-state index in [0.717, 1.165) is 22.5 Å². The highest BCUT2D eigenvalue weighted by molar-refractivity contribution is 5.97. The van der Waals surface area contributed by atoms with Crippen molar-refractivity contribution in [3.63, 3.8) is 0 Å². The average Bonchev–Trinajstić information content (AvgIpc) is 3.10. The molecule has 0 bridgehead atoms. The lowest BCUT2D eigenvalue weighted by Gasteiger charge is -2.19. The van der Waals surface area contributed by atoms with Crippen LogP contribution in [0.5, 0.6) is 0 Å². The van der Waals surface area contributed by atoms with Gasteiger partial charge in [-0.05, 0) is 38.0 Å². The summed E-state index contributed by atoms with van der Waals surface area (Å²) in [4.78, 5) is 12.3. The molecule has 1 aliphatic rings. The number of hydrogen-bond acceptors (Lipinski definition) is 4. The fraction of sp³-hybridized carbons (Fsp3) is 0.412. The average molecular weight is 315 g/mol. The lowest BCUT2D eigenvalue weighted by Crippen LogP contribution is -2.43. The van der Waals surface area contributed by atoms with Crippen LogP contribution in [0.15, 0.2) is 24.4 Å². The molecule has 1 unspecified atom stereocenters. The molecule has 2 N–H and O–H groups in total. The number of nitrogens with one attached hydrogen (secondary N) is 1. The second-order valence-electron chi connectivity index (χ2n) is 6.13. The standard InChI is InChI=1S/C17H21N3O3/c1-11-4-5-12(2)15(8-11)20-13(3)14(9-18-20)19-16(21)17(22)6-7-23-10-17/h4-5,8-9,22H,6-7,10H2,1-3H3,(H,19,21). The number of aromatic nitrogens is 2. The maximum absolute atomic E-state index is 12.3. The number of aryl methyl sites for hydroxylation is 2. The minimum atomic E-state index is -1.45. The Morgan fingerprint density at radius 2 is 2.17 bits per heavy atom. The van der Waals surface area contributed by atoms with Crippen LogP contribution in [0.2, 0.25) is 0 Å². The van der Waals surface area contributed by atoms with Gasteiger partial charge in [0.15, 0.2) is 5.60 Å². The number of amides is 1. The maximum Gasteiger partial charge on any atom is 0.258 e. The van der Waals surface area contributed by atoms with E-state index in [1.54, 1.807) is 10.9 Å². The first-order chi connectivity index (χ1) is 10.9. The van der Waals surface area contributed by atoms with Crippen molar-refractivity contribution < 1.29 is 14.6 Å². The van der Waals surface area contributed by atoms with Crippen LogP contribution in [-0.2, 0) is 9.53 Å². The van der Waals surface area contributed by atoms with Gasteiger partial charge in [0.1, 0.15) is 0 Å². The Kier molecular flexibility index (Phi) is 3.95. The third-order valence-corrected chi connectivity index (χ3v) is 4.27. The Morgan fingerprint density at radius 3 is 2.87 bits per heavy atom. The van der Waals surface area contributed by atoms with Crippen LogP contribution in [0, 0.1) is 20.8 Å². The highest BCUT2D eigenvalue weighted by atomic mass is 16.5. The van der Waals surface area contributed by atoms with Gasteiger partial charge in [0.25, 0.3) is 5.91 Å². The molecule has 0 aliphatic carbocycles. The first kappa shape index (κ1) is 15.7. The first-order valence-electron chi connectivity index (χ1n) is 7.64. The van der Waals surface area contributed by atoms with Crippen LogP contribution in [0.4, 0.5) is 5.69 Å². The number of carbonyl (C=O) groups excluding carboxylic acids is 1. The number of anilines is 1. The summed E-state index contributed by atoms with van der Waals surface area (Å²) in [6, 6.07) is 6.15. The van der Waals surface area contributed by atoms with Gasteiger partial charge in [0.05, 0.1) is 36.5 Å². The van der Waals surface area contributed by atoms with Crippen LogP contribution in [-0.4, -0.2) is 39.6 Å². The molecule has 6 heteroatoms. The van der Waals surface area contributed by atoms with E-state index in [-0.39, 0.29) is 6.61 Å². The SMILES string of the molecule is Cc1ccc(C)c(-n2ncc(NC(=O)C3(O)CCOC3)c2C)c1. The van der Waals surface area contributed by atoms with Gasteiger partial charge in [-0.2, -0.15) is 5.10 Å². The molecule has 1 amide bonds. The predicted molar refractivity (Wildman–Crippen MR) is 86.8 cm³/mol. The number of carbonyl (C=O) groups is 1. The largest absolute Gasteiger partial charge is 0.378 e. The molecule has 1 aromatic carbocycles. The Balaban J connectivity index is 1.88. The monoisotopic (exact) mass is 315 g/mol. The van der Waals surface area contributed by atoms with Gasteiger partial charge in [0, 0.05) is 6.42 Å². The third kappa shape index (κ3) is 2.87. The van der Waals surface area contributed by atoms with Gasteiger partial charge >= 0.3 is 0 Å². The lowest BCUT2D eigenvalue weighted by atomic mass is 10.0. The van der Waals surface area contributed by atoms with Gasteiger partial charge in [0.2, 0.25) is 0 Å². The quantitative estimate of drug-likeness (QED) is 0.907. The lowest BCUT2D eigenvalue weighted by molar-refractivity contribution is -0.133. The van der Waals surface area contributed by atoms with Crippen LogP contribution >= 0.6 is 0 Å². The molecule has 1 aliphatic heterocycles. The molecule has 2 heterocycles. The fourth-order valence-electron chi connectivity index (χ4n) is 2.69. The zero-order valence-electron chi connectivity index (χ0n) is 13.6. The molecule has 1 atom stereocenters. The molecule has 122 valence electrons. The molecule has 0 saturated carbocycles. The highest BCUT2D eigenvalue weighted by Crippen LogP contribution is 2.25. The van der Waals surface area contributed by atoms with E-state index < -0.39 is 11.5 Å². The topological polar surface area (TPSA) is 76.4 Å². The summed E-state index contributed by atoms with van der Waals surface area (Å²) >= 11 is 0. The maximum atomic E-state index is 12.3. The Bertz CT molecular complexity index is 746. The predicted octanol–water partition coefficient (Wildman–Crippen LogP) is 1.89. The van der Waals surface area contributed by atoms with Gasteiger partial charge in [-0.1, -0.05) is 12.1 Å². The molecule has 1 aromatic heterocycles. The first-order valence-corrected chi connectivity index (χ1v) is 7.64. The van der Waals surface area contributed by atoms with E-state index in [2.05, 4.69) is 22.5 Å². The summed E-state index contributed by atoms with van der Waals surface area (Å²) < 4.78 is 6.92. The van der Waals surface area contributed by atoms with Crippen molar-refractivity contribution in [1.29, 1.82) is 0 Å². The van der Waals surface area contributed by atoms with E-state index in [1.807, 2.05) is 26.8 Å². The van der Waals surface area contributed by atoms with Crippen LogP contribution in [0.1, 0.15) is 23.2 Å². The third-order valence-electron chi connectivity index (χ3n) is 4.27. The summed E-state index contributed by atoms with van der Waals surface area (Å²) in [5.74, 6) is -0.446. The van der Waals surface area contributed by atoms with Gasteiger partial charge in [-0.15, -0.1) is 0 Å². The number of aliphatic hydroxyl groups is 1. The van der Waals surface area contributed by atoms with Crippen molar-refractivity contribution in [3.8, 4) is 5.69 Å². The Morgan fingerprint density at radius 1 is 1.39 bits per heavy atom. The number of nitrogens with zero attached hydrogens (tertiary/aromatic N) is 2. The summed E-state index contributed by atoms with van der Waals surface area (Å²) in [7, 11) is 0. The van der Waals surface area contributed by atoms with Crippen LogP contribution < -0.4 is 5.32 Å². The zero-order valence-corrected chi connectivity index (χ0v) is 13.6. The number of benzene rings is 1. The summed E-state index contributed by atoms with van der Waals surface area (Å²) in [6.45, 7) is 6.36. The van der Waals surface area contributed by atoms with Gasteiger partial charge < -0.3 is 15.2 Å². The van der Waals surface area contributed by atoms with Crippen molar-refractivity contribution in [2.75, 3.05) is 18.5 Å². The molecule has 1 saturated heterocycles. The minimum Gasteiger partial charge on any atom is -0.378 e. The van der Waals surface area contributed by atoms with E-state index in [0.29, 0.717) is 18.7 Å². The fourth-order valence-corrected chi connectivity index (χ4v) is 2.69. The van der Waals surface area contributed by atoms with Crippen molar-refractivity contribution in [2.24, 2.45) is 0 Å². The number of hydrogen-bond donors (Lipinski definition) is 2. The summed E-state index contributed by atoms with van der Waals surface area (Å²) in [5.41, 5.74) is 3.18. The second kappa shape index (κ2) is 5.79. The summed E-state index contributed by atoms with van der Waals surface area (Å²) in [6.07, 6.45) is 1.91. The molecule has 2 aromatic rings. The molecule has 6 nitrogen and oxygen atoms in total. The van der Waals surface area contributed by atoms with Gasteiger partial charge in [-0.3, -0.25) is 4.79 Å². The Labute approximate surface area is 135 Å². The van der Waals surface area contributed by atoms with Crippen molar-refractivity contribution in [2.45, 2.75) is 32.8 Å². The van der Waals surface area contributed by atoms with Crippen LogP contribution in [0.25, 0.3) is 5.69 Å². The van der Waals surface area contributed by atoms with E-state index >= 15 is 0 Å². The normalized spacial score (nSPS) is 20.7. The number of rotatable bonds is 3. The molecular formula is C17H21N3O3. The van der Waals surface area contributed by atoms with Crippen LogP contribution in [0.3, 0.4) is 0 Å². The van der Waals surface area contributed by atoms with Crippen molar-refractivity contribution >= 4 is 11.6 Å². The Hall–Kier alpha value is -2.18. The molecule has 0 radical (unpaired) electrons. The smallest absolute Gasteiger partial charge is 0.258 e. The summed E-state index contributed by atoms with van der Waals surface area (Å²) in [5, 5.41) is 17.4.